The third-order valence-electron chi connectivity index (χ3n) is 5.13. The van der Waals surface area contributed by atoms with Crippen LogP contribution in [0.4, 0.5) is 0 Å². The summed E-state index contributed by atoms with van der Waals surface area (Å²) < 4.78 is 5.68. The highest BCUT2D eigenvalue weighted by Crippen LogP contribution is 2.31. The van der Waals surface area contributed by atoms with Crippen LogP contribution in [0, 0.1) is 23.7 Å². The van der Waals surface area contributed by atoms with Crippen molar-refractivity contribution < 1.29 is 4.74 Å². The molecule has 1 aliphatic carbocycles. The van der Waals surface area contributed by atoms with E-state index < -0.39 is 0 Å². The molecule has 0 amide bonds. The van der Waals surface area contributed by atoms with Gasteiger partial charge < -0.3 is 4.74 Å². The Kier molecular flexibility index (Phi) is 9.73. The molecule has 0 aromatic heterocycles. The Morgan fingerprint density at radius 3 is 2.38 bits per heavy atom. The van der Waals surface area contributed by atoms with Gasteiger partial charge in [0.2, 0.25) is 0 Å². The maximum absolute atomic E-state index is 5.68. The average molecular weight is 351 g/mol. The molecule has 1 heteroatoms. The fourth-order valence-electron chi connectivity index (χ4n) is 3.51. The molecule has 1 aromatic carbocycles. The third kappa shape index (κ3) is 7.96. The lowest BCUT2D eigenvalue weighted by Crippen LogP contribution is -2.12. The predicted octanol–water partition coefficient (Wildman–Crippen LogP) is 7.04. The monoisotopic (exact) mass is 350 g/mol. The van der Waals surface area contributed by atoms with Crippen molar-refractivity contribution in [3.63, 3.8) is 0 Å². The van der Waals surface area contributed by atoms with Gasteiger partial charge in [0.1, 0.15) is 5.75 Å². The van der Waals surface area contributed by atoms with Crippen LogP contribution in [0.5, 0.6) is 5.75 Å². The Balaban J connectivity index is 1.70. The van der Waals surface area contributed by atoms with Crippen LogP contribution in [0.25, 0.3) is 6.08 Å². The van der Waals surface area contributed by atoms with Crippen LogP contribution >= 0.6 is 0 Å². The van der Waals surface area contributed by atoms with Crippen molar-refractivity contribution in [3.05, 3.63) is 48.1 Å². The molecule has 2 rings (SSSR count). The fourth-order valence-corrected chi connectivity index (χ4v) is 3.51. The van der Waals surface area contributed by atoms with Gasteiger partial charge in [-0.3, -0.25) is 0 Å². The lowest BCUT2D eigenvalue weighted by molar-refractivity contribution is 0.294. The van der Waals surface area contributed by atoms with Crippen molar-refractivity contribution in [1.82, 2.24) is 0 Å². The van der Waals surface area contributed by atoms with E-state index in [4.69, 9.17) is 4.74 Å². The van der Waals surface area contributed by atoms with Gasteiger partial charge in [-0.25, -0.2) is 0 Å². The second-order valence-corrected chi connectivity index (χ2v) is 7.32. The Hall–Kier alpha value is -1.94. The maximum atomic E-state index is 5.68. The van der Waals surface area contributed by atoms with Crippen LogP contribution in [-0.2, 0) is 0 Å². The summed E-state index contributed by atoms with van der Waals surface area (Å²) in [7, 11) is 0. The predicted molar refractivity (Wildman–Crippen MR) is 113 cm³/mol. The zero-order valence-corrected chi connectivity index (χ0v) is 16.5. The Labute approximate surface area is 160 Å². The summed E-state index contributed by atoms with van der Waals surface area (Å²) in [4.78, 5) is 0. The summed E-state index contributed by atoms with van der Waals surface area (Å²) in [6.45, 7) is 5.26. The highest BCUT2D eigenvalue weighted by atomic mass is 16.5. The summed E-state index contributed by atoms with van der Waals surface area (Å²) in [6.07, 6.45) is 18.8. The topological polar surface area (TPSA) is 9.23 Å². The van der Waals surface area contributed by atoms with Crippen molar-refractivity contribution >= 4 is 6.08 Å². The molecule has 1 aromatic rings. The molecule has 1 fully saturated rings. The van der Waals surface area contributed by atoms with Gasteiger partial charge in [-0.15, -0.1) is 0 Å². The van der Waals surface area contributed by atoms with Crippen LogP contribution in [0.15, 0.2) is 42.5 Å². The second-order valence-electron chi connectivity index (χ2n) is 7.32. The largest absolute Gasteiger partial charge is 0.494 e. The van der Waals surface area contributed by atoms with Crippen LogP contribution in [0.1, 0.15) is 70.8 Å². The molecule has 1 saturated carbocycles. The minimum Gasteiger partial charge on any atom is -0.494 e. The summed E-state index contributed by atoms with van der Waals surface area (Å²) >= 11 is 0. The Morgan fingerprint density at radius 2 is 1.69 bits per heavy atom. The number of ether oxygens (including phenoxy) is 1. The highest BCUT2D eigenvalue weighted by molar-refractivity contribution is 5.54. The van der Waals surface area contributed by atoms with Crippen molar-refractivity contribution in [2.75, 3.05) is 6.61 Å². The van der Waals surface area contributed by atoms with Gasteiger partial charge in [0.05, 0.1) is 6.61 Å². The van der Waals surface area contributed by atoms with E-state index in [9.17, 15) is 0 Å². The smallest absolute Gasteiger partial charge is 0.119 e. The minimum absolute atomic E-state index is 0.738. The molecule has 0 N–H and O–H groups in total. The van der Waals surface area contributed by atoms with Gasteiger partial charge in [-0.2, -0.15) is 0 Å². The third-order valence-corrected chi connectivity index (χ3v) is 5.13. The molecule has 0 saturated heterocycles. The van der Waals surface area contributed by atoms with Crippen LogP contribution in [0.3, 0.4) is 0 Å². The molecule has 0 radical (unpaired) electrons. The number of allylic oxidation sites excluding steroid dienone is 3. The molecule has 140 valence electrons. The number of rotatable bonds is 8. The summed E-state index contributed by atoms with van der Waals surface area (Å²) in [5.41, 5.74) is 1.15. The lowest BCUT2D eigenvalue weighted by Gasteiger charge is -2.26. The maximum Gasteiger partial charge on any atom is 0.119 e. The highest BCUT2D eigenvalue weighted by Gasteiger charge is 2.18. The van der Waals surface area contributed by atoms with E-state index in [-0.39, 0.29) is 0 Å². The lowest BCUT2D eigenvalue weighted by atomic mass is 9.80. The molecular formula is C25H34O. The molecule has 1 nitrogen and oxygen atoms in total. The second kappa shape index (κ2) is 12.4. The van der Waals surface area contributed by atoms with E-state index in [0.29, 0.717) is 0 Å². The van der Waals surface area contributed by atoms with Crippen molar-refractivity contribution in [1.29, 1.82) is 0 Å². The van der Waals surface area contributed by atoms with Crippen molar-refractivity contribution in [2.45, 2.75) is 65.2 Å². The van der Waals surface area contributed by atoms with Crippen LogP contribution in [-0.4, -0.2) is 6.61 Å². The number of unbranched alkanes of at least 4 members (excludes halogenated alkanes) is 1. The standard InChI is InChI=1S/C25H34O/c1-3-5-21-26-25-19-17-24(18-20-25)12-9-7-6-8-11-23-15-13-22(10-4-2)14-16-23/h8-9,11-12,17-20,22-23H,3-5,10,13-16,21H2,1-2H3/b11-8+,12-9+. The zero-order valence-electron chi connectivity index (χ0n) is 16.5. The van der Waals surface area contributed by atoms with E-state index in [1.54, 1.807) is 0 Å². The van der Waals surface area contributed by atoms with Gasteiger partial charge in [0, 0.05) is 0 Å². The Bertz CT molecular complexity index is 604. The molecule has 0 bridgehead atoms. The Morgan fingerprint density at radius 1 is 0.962 bits per heavy atom. The first-order valence-electron chi connectivity index (χ1n) is 10.4. The molecule has 26 heavy (non-hydrogen) atoms. The first kappa shape index (κ1) is 20.4. The summed E-state index contributed by atoms with van der Waals surface area (Å²) in [5, 5.41) is 0. The van der Waals surface area contributed by atoms with Gasteiger partial charge >= 0.3 is 0 Å². The van der Waals surface area contributed by atoms with Gasteiger partial charge in [0.15, 0.2) is 0 Å². The van der Waals surface area contributed by atoms with E-state index in [0.717, 1.165) is 42.6 Å². The van der Waals surface area contributed by atoms with Gasteiger partial charge in [0.25, 0.3) is 0 Å². The number of hydrogen-bond acceptors (Lipinski definition) is 1. The van der Waals surface area contributed by atoms with Gasteiger partial charge in [-0.05, 0) is 79.9 Å². The molecule has 0 unspecified atom stereocenters. The molecule has 0 aliphatic heterocycles. The van der Waals surface area contributed by atoms with E-state index in [1.807, 2.05) is 30.4 Å². The zero-order chi connectivity index (χ0) is 18.5. The average Bonchev–Trinajstić information content (AvgIpc) is 2.67. The number of hydrogen-bond donors (Lipinski definition) is 0. The number of benzene rings is 1. The molecule has 0 atom stereocenters. The van der Waals surface area contributed by atoms with Crippen LogP contribution in [0.2, 0.25) is 0 Å². The molecular weight excluding hydrogens is 316 g/mol. The SMILES string of the molecule is CCCCOc1ccc(/C=C/C#C/C=C/C2CCC(CCC)CC2)cc1. The van der Waals surface area contributed by atoms with E-state index in [1.165, 1.54) is 38.5 Å². The van der Waals surface area contributed by atoms with Crippen molar-refractivity contribution in [2.24, 2.45) is 11.8 Å². The van der Waals surface area contributed by atoms with Crippen molar-refractivity contribution in [3.8, 4) is 17.6 Å². The summed E-state index contributed by atoms with van der Waals surface area (Å²) in [6, 6.07) is 8.20. The van der Waals surface area contributed by atoms with Gasteiger partial charge in [-0.1, -0.05) is 63.2 Å². The van der Waals surface area contributed by atoms with Crippen LogP contribution < -0.4 is 4.74 Å². The summed E-state index contributed by atoms with van der Waals surface area (Å²) in [5.74, 6) is 8.91. The molecule has 0 spiro atoms. The minimum atomic E-state index is 0.738. The molecule has 1 aliphatic rings. The normalized spacial score (nSPS) is 20.2. The van der Waals surface area contributed by atoms with E-state index in [2.05, 4.69) is 43.9 Å². The quantitative estimate of drug-likeness (QED) is 0.361. The first-order chi connectivity index (χ1) is 12.8. The molecule has 0 heterocycles. The fraction of sp³-hybridized carbons (Fsp3) is 0.520. The van der Waals surface area contributed by atoms with E-state index >= 15 is 0 Å². The first-order valence-corrected chi connectivity index (χ1v) is 10.4.